The molecule has 0 radical (unpaired) electrons. The van der Waals surface area contributed by atoms with E-state index >= 15 is 0 Å². The van der Waals surface area contributed by atoms with E-state index in [9.17, 15) is 4.79 Å². The molecule has 1 amide bonds. The zero-order chi connectivity index (χ0) is 14.4. The van der Waals surface area contributed by atoms with E-state index in [1.54, 1.807) is 0 Å². The molecule has 0 saturated carbocycles. The van der Waals surface area contributed by atoms with Gasteiger partial charge < -0.3 is 15.0 Å². The van der Waals surface area contributed by atoms with Crippen LogP contribution >= 0.6 is 0 Å². The fourth-order valence-electron chi connectivity index (χ4n) is 2.19. The summed E-state index contributed by atoms with van der Waals surface area (Å²) in [5, 5.41) is 3.31. The van der Waals surface area contributed by atoms with Crippen LogP contribution in [0.15, 0.2) is 24.3 Å². The summed E-state index contributed by atoms with van der Waals surface area (Å²) in [5.74, 6) is 1.44. The van der Waals surface area contributed by atoms with Gasteiger partial charge in [0.2, 0.25) is 0 Å². The average Bonchev–Trinajstić information content (AvgIpc) is 2.74. The van der Waals surface area contributed by atoms with E-state index in [1.165, 1.54) is 0 Å². The lowest BCUT2D eigenvalue weighted by molar-refractivity contribution is 0.0766. The van der Waals surface area contributed by atoms with Crippen molar-refractivity contribution in [1.29, 1.82) is 0 Å². The molecular weight excluding hydrogens is 252 g/mol. The first-order chi connectivity index (χ1) is 9.66. The van der Waals surface area contributed by atoms with Crippen LogP contribution in [0.25, 0.3) is 0 Å². The van der Waals surface area contributed by atoms with Gasteiger partial charge in [-0.2, -0.15) is 0 Å². The van der Waals surface area contributed by atoms with Crippen molar-refractivity contribution in [3.63, 3.8) is 0 Å². The Morgan fingerprint density at radius 2 is 2.00 bits per heavy atom. The van der Waals surface area contributed by atoms with Crippen LogP contribution in [0, 0.1) is 5.92 Å². The summed E-state index contributed by atoms with van der Waals surface area (Å²) in [7, 11) is 0. The molecule has 1 saturated heterocycles. The molecule has 1 aliphatic rings. The molecule has 0 bridgehead atoms. The number of hydrogen-bond acceptors (Lipinski definition) is 3. The zero-order valence-electron chi connectivity index (χ0n) is 12.4. The SMILES string of the molecule is CC(C)COc1ccc(C(=O)N2CCCNCC2)cc1. The van der Waals surface area contributed by atoms with Crippen LogP contribution < -0.4 is 10.1 Å². The highest BCUT2D eigenvalue weighted by atomic mass is 16.5. The van der Waals surface area contributed by atoms with E-state index < -0.39 is 0 Å². The van der Waals surface area contributed by atoms with Gasteiger partial charge >= 0.3 is 0 Å². The summed E-state index contributed by atoms with van der Waals surface area (Å²) in [5.41, 5.74) is 0.740. The Morgan fingerprint density at radius 1 is 1.25 bits per heavy atom. The minimum atomic E-state index is 0.115. The van der Waals surface area contributed by atoms with Crippen molar-refractivity contribution >= 4 is 5.91 Å². The number of nitrogens with one attached hydrogen (secondary N) is 1. The van der Waals surface area contributed by atoms with Gasteiger partial charge in [0.1, 0.15) is 5.75 Å². The van der Waals surface area contributed by atoms with Crippen molar-refractivity contribution in [1.82, 2.24) is 10.2 Å². The Bertz CT molecular complexity index is 421. The van der Waals surface area contributed by atoms with E-state index in [1.807, 2.05) is 29.2 Å². The molecule has 4 heteroatoms. The van der Waals surface area contributed by atoms with E-state index in [0.717, 1.165) is 43.9 Å². The fraction of sp³-hybridized carbons (Fsp3) is 0.562. The van der Waals surface area contributed by atoms with Crippen molar-refractivity contribution in [2.75, 3.05) is 32.8 Å². The molecule has 4 nitrogen and oxygen atoms in total. The minimum absolute atomic E-state index is 0.115. The summed E-state index contributed by atoms with van der Waals surface area (Å²) in [6.07, 6.45) is 1.02. The second-order valence-corrected chi connectivity index (χ2v) is 5.62. The van der Waals surface area contributed by atoms with Gasteiger partial charge in [-0.3, -0.25) is 4.79 Å². The normalized spacial score (nSPS) is 16.1. The lowest BCUT2D eigenvalue weighted by Gasteiger charge is -2.20. The number of carbonyl (C=O) groups is 1. The molecule has 1 aromatic rings. The quantitative estimate of drug-likeness (QED) is 0.916. The van der Waals surface area contributed by atoms with E-state index in [0.29, 0.717) is 12.5 Å². The van der Waals surface area contributed by atoms with Gasteiger partial charge in [-0.1, -0.05) is 13.8 Å². The topological polar surface area (TPSA) is 41.6 Å². The molecule has 0 aromatic heterocycles. The highest BCUT2D eigenvalue weighted by molar-refractivity contribution is 5.94. The number of amides is 1. The van der Waals surface area contributed by atoms with Crippen LogP contribution in [0.4, 0.5) is 0 Å². The molecule has 110 valence electrons. The van der Waals surface area contributed by atoms with E-state index in [4.69, 9.17) is 4.74 Å². The van der Waals surface area contributed by atoms with Crippen molar-refractivity contribution in [3.05, 3.63) is 29.8 Å². The third-order valence-corrected chi connectivity index (χ3v) is 3.31. The molecular formula is C16H24N2O2. The first-order valence-electron chi connectivity index (χ1n) is 7.39. The van der Waals surface area contributed by atoms with Gasteiger partial charge in [0.25, 0.3) is 5.91 Å². The summed E-state index contributed by atoms with van der Waals surface area (Å²) in [6, 6.07) is 7.48. The number of hydrogen-bond donors (Lipinski definition) is 1. The predicted molar refractivity (Wildman–Crippen MR) is 80.2 cm³/mol. The summed E-state index contributed by atoms with van der Waals surface area (Å²) in [4.78, 5) is 14.3. The van der Waals surface area contributed by atoms with Gasteiger partial charge in [0.05, 0.1) is 6.61 Å². The Labute approximate surface area is 121 Å². The molecule has 1 aliphatic heterocycles. The molecule has 1 heterocycles. The van der Waals surface area contributed by atoms with Crippen LogP contribution in [0.2, 0.25) is 0 Å². The highest BCUT2D eigenvalue weighted by Crippen LogP contribution is 2.15. The number of ether oxygens (including phenoxy) is 1. The van der Waals surface area contributed by atoms with Crippen molar-refractivity contribution in [2.24, 2.45) is 5.92 Å². The smallest absolute Gasteiger partial charge is 0.253 e. The lowest BCUT2D eigenvalue weighted by atomic mass is 10.2. The Morgan fingerprint density at radius 3 is 2.70 bits per heavy atom. The van der Waals surface area contributed by atoms with E-state index in [-0.39, 0.29) is 5.91 Å². The molecule has 1 fully saturated rings. The van der Waals surface area contributed by atoms with Gasteiger partial charge in [0, 0.05) is 25.2 Å². The molecule has 0 atom stereocenters. The van der Waals surface area contributed by atoms with Gasteiger partial charge in [0.15, 0.2) is 0 Å². The molecule has 0 unspecified atom stereocenters. The second kappa shape index (κ2) is 7.29. The molecule has 20 heavy (non-hydrogen) atoms. The highest BCUT2D eigenvalue weighted by Gasteiger charge is 2.16. The maximum absolute atomic E-state index is 12.4. The Balaban J connectivity index is 1.96. The maximum Gasteiger partial charge on any atom is 0.253 e. The number of benzene rings is 1. The van der Waals surface area contributed by atoms with Crippen LogP contribution in [0.1, 0.15) is 30.6 Å². The third kappa shape index (κ3) is 4.23. The third-order valence-electron chi connectivity index (χ3n) is 3.31. The monoisotopic (exact) mass is 276 g/mol. The van der Waals surface area contributed by atoms with Gasteiger partial charge in [-0.15, -0.1) is 0 Å². The zero-order valence-corrected chi connectivity index (χ0v) is 12.4. The standard InChI is InChI=1S/C16H24N2O2/c1-13(2)12-20-15-6-4-14(5-7-15)16(19)18-10-3-8-17-9-11-18/h4-7,13,17H,3,8-12H2,1-2H3. The van der Waals surface area contributed by atoms with Crippen LogP contribution in [0.3, 0.4) is 0 Å². The number of nitrogens with zero attached hydrogens (tertiary/aromatic N) is 1. The fourth-order valence-corrected chi connectivity index (χ4v) is 2.19. The molecule has 2 rings (SSSR count). The maximum atomic E-state index is 12.4. The van der Waals surface area contributed by atoms with Crippen molar-refractivity contribution < 1.29 is 9.53 Å². The predicted octanol–water partition coefficient (Wildman–Crippen LogP) is 2.16. The summed E-state index contributed by atoms with van der Waals surface area (Å²) >= 11 is 0. The summed E-state index contributed by atoms with van der Waals surface area (Å²) in [6.45, 7) is 8.41. The first-order valence-corrected chi connectivity index (χ1v) is 7.39. The van der Waals surface area contributed by atoms with Gasteiger partial charge in [-0.25, -0.2) is 0 Å². The minimum Gasteiger partial charge on any atom is -0.493 e. The molecule has 0 spiro atoms. The largest absolute Gasteiger partial charge is 0.493 e. The average molecular weight is 276 g/mol. The number of rotatable bonds is 4. The summed E-state index contributed by atoms with van der Waals surface area (Å²) < 4.78 is 5.63. The Kier molecular flexibility index (Phi) is 5.41. The van der Waals surface area contributed by atoms with E-state index in [2.05, 4.69) is 19.2 Å². The molecule has 0 aliphatic carbocycles. The lowest BCUT2D eigenvalue weighted by Crippen LogP contribution is -2.34. The number of carbonyl (C=O) groups excluding carboxylic acids is 1. The Hall–Kier alpha value is -1.55. The second-order valence-electron chi connectivity index (χ2n) is 5.62. The van der Waals surface area contributed by atoms with Crippen LogP contribution in [-0.4, -0.2) is 43.6 Å². The molecule has 1 aromatic carbocycles. The van der Waals surface area contributed by atoms with Crippen molar-refractivity contribution in [3.8, 4) is 5.75 Å². The van der Waals surface area contributed by atoms with Crippen LogP contribution in [0.5, 0.6) is 5.75 Å². The van der Waals surface area contributed by atoms with Crippen LogP contribution in [-0.2, 0) is 0 Å². The van der Waals surface area contributed by atoms with Crippen molar-refractivity contribution in [2.45, 2.75) is 20.3 Å². The first kappa shape index (κ1) is 14.9. The molecule has 1 N–H and O–H groups in total. The van der Waals surface area contributed by atoms with Gasteiger partial charge in [-0.05, 0) is 43.1 Å².